The van der Waals surface area contributed by atoms with E-state index in [0.717, 1.165) is 17.7 Å². The van der Waals surface area contributed by atoms with E-state index in [1.165, 1.54) is 11.0 Å². The number of carboxylic acids is 1. The molecule has 0 unspecified atom stereocenters. The van der Waals surface area contributed by atoms with Crippen LogP contribution in [0.4, 0.5) is 0 Å². The van der Waals surface area contributed by atoms with E-state index in [-0.39, 0.29) is 5.82 Å². The summed E-state index contributed by atoms with van der Waals surface area (Å²) in [5, 5.41) is 12.6. The minimum absolute atomic E-state index is 0.189. The predicted octanol–water partition coefficient (Wildman–Crippen LogP) is 1.53. The topological polar surface area (TPSA) is 68.0 Å². The molecule has 2 aromatic rings. The van der Waals surface area contributed by atoms with Crippen molar-refractivity contribution in [2.45, 2.75) is 13.3 Å². The normalized spacial score (nSPS) is 10.3. The first kappa shape index (κ1) is 10.4. The maximum absolute atomic E-state index is 10.7. The van der Waals surface area contributed by atoms with Crippen molar-refractivity contribution in [3.8, 4) is 5.69 Å². The van der Waals surface area contributed by atoms with Gasteiger partial charge in [0, 0.05) is 0 Å². The van der Waals surface area contributed by atoms with Crippen LogP contribution in [-0.4, -0.2) is 25.8 Å². The number of rotatable bonds is 3. The predicted molar refractivity (Wildman–Crippen MR) is 57.7 cm³/mol. The van der Waals surface area contributed by atoms with Gasteiger partial charge >= 0.3 is 5.97 Å². The lowest BCUT2D eigenvalue weighted by atomic mass is 10.1. The van der Waals surface area contributed by atoms with Gasteiger partial charge in [0.05, 0.1) is 5.69 Å². The SMILES string of the molecule is CCc1ccccc1-n1cnc(C(=O)O)n1. The molecule has 0 atom stereocenters. The number of hydrogen-bond acceptors (Lipinski definition) is 3. The quantitative estimate of drug-likeness (QED) is 0.846. The van der Waals surface area contributed by atoms with Crippen molar-refractivity contribution in [2.75, 3.05) is 0 Å². The molecule has 1 N–H and O–H groups in total. The van der Waals surface area contributed by atoms with E-state index in [9.17, 15) is 4.79 Å². The van der Waals surface area contributed by atoms with Gasteiger partial charge in [-0.3, -0.25) is 0 Å². The molecule has 2 rings (SSSR count). The largest absolute Gasteiger partial charge is 0.475 e. The number of carbonyl (C=O) groups is 1. The average molecular weight is 217 g/mol. The van der Waals surface area contributed by atoms with Crippen LogP contribution in [0.1, 0.15) is 23.1 Å². The molecular weight excluding hydrogens is 206 g/mol. The van der Waals surface area contributed by atoms with Gasteiger partial charge in [-0.25, -0.2) is 14.5 Å². The van der Waals surface area contributed by atoms with Gasteiger partial charge in [0.25, 0.3) is 5.82 Å². The summed E-state index contributed by atoms with van der Waals surface area (Å²) in [6, 6.07) is 7.70. The third-order valence-electron chi connectivity index (χ3n) is 2.30. The molecule has 0 aliphatic carbocycles. The van der Waals surface area contributed by atoms with Gasteiger partial charge in [-0.15, -0.1) is 5.10 Å². The van der Waals surface area contributed by atoms with Crippen LogP contribution in [-0.2, 0) is 6.42 Å². The lowest BCUT2D eigenvalue weighted by molar-refractivity contribution is 0.0683. The van der Waals surface area contributed by atoms with E-state index in [1.54, 1.807) is 0 Å². The number of para-hydroxylation sites is 1. The minimum atomic E-state index is -1.12. The van der Waals surface area contributed by atoms with E-state index in [0.29, 0.717) is 0 Å². The Hall–Kier alpha value is -2.17. The molecule has 0 aliphatic heterocycles. The van der Waals surface area contributed by atoms with Crippen molar-refractivity contribution in [3.63, 3.8) is 0 Å². The van der Waals surface area contributed by atoms with Gasteiger partial charge in [-0.05, 0) is 18.1 Å². The Balaban J connectivity index is 2.46. The van der Waals surface area contributed by atoms with Crippen molar-refractivity contribution >= 4 is 5.97 Å². The number of hydrogen-bond donors (Lipinski definition) is 1. The van der Waals surface area contributed by atoms with Crippen molar-refractivity contribution in [1.82, 2.24) is 14.8 Å². The van der Waals surface area contributed by atoms with Gasteiger partial charge in [0.1, 0.15) is 6.33 Å². The van der Waals surface area contributed by atoms with Gasteiger partial charge in [0.2, 0.25) is 0 Å². The Kier molecular flexibility index (Phi) is 2.68. The van der Waals surface area contributed by atoms with E-state index >= 15 is 0 Å². The zero-order valence-electron chi connectivity index (χ0n) is 8.79. The molecule has 1 aromatic heterocycles. The molecule has 0 fully saturated rings. The number of carboxylic acid groups (broad SMARTS) is 1. The van der Waals surface area contributed by atoms with Crippen molar-refractivity contribution < 1.29 is 9.90 Å². The Bertz CT molecular complexity index is 519. The van der Waals surface area contributed by atoms with E-state index in [2.05, 4.69) is 10.1 Å². The van der Waals surface area contributed by atoms with Crippen LogP contribution >= 0.6 is 0 Å². The van der Waals surface area contributed by atoms with Crippen LogP contribution in [0.15, 0.2) is 30.6 Å². The fraction of sp³-hybridized carbons (Fsp3) is 0.182. The fourth-order valence-corrected chi connectivity index (χ4v) is 1.51. The standard InChI is InChI=1S/C11H11N3O2/c1-2-8-5-3-4-6-9(8)14-7-12-10(13-14)11(15)16/h3-7H,2H2,1H3,(H,15,16). The van der Waals surface area contributed by atoms with Crippen molar-refractivity contribution in [2.24, 2.45) is 0 Å². The Morgan fingerprint density at radius 1 is 1.44 bits per heavy atom. The van der Waals surface area contributed by atoms with Crippen LogP contribution in [0.3, 0.4) is 0 Å². The third-order valence-corrected chi connectivity index (χ3v) is 2.30. The first-order valence-corrected chi connectivity index (χ1v) is 4.95. The molecule has 1 aromatic carbocycles. The van der Waals surface area contributed by atoms with Gasteiger partial charge in [-0.1, -0.05) is 25.1 Å². The lowest BCUT2D eigenvalue weighted by Crippen LogP contribution is -2.03. The summed E-state index contributed by atoms with van der Waals surface area (Å²) in [7, 11) is 0. The second-order valence-electron chi connectivity index (χ2n) is 3.30. The van der Waals surface area contributed by atoms with Gasteiger partial charge < -0.3 is 5.11 Å². The monoisotopic (exact) mass is 217 g/mol. The van der Waals surface area contributed by atoms with Crippen molar-refractivity contribution in [3.05, 3.63) is 42.0 Å². The highest BCUT2D eigenvalue weighted by molar-refractivity contribution is 5.82. The first-order valence-electron chi connectivity index (χ1n) is 4.95. The average Bonchev–Trinajstić information content (AvgIpc) is 2.78. The molecule has 5 nitrogen and oxygen atoms in total. The van der Waals surface area contributed by atoms with Gasteiger partial charge in [-0.2, -0.15) is 0 Å². The highest BCUT2D eigenvalue weighted by atomic mass is 16.4. The first-order chi connectivity index (χ1) is 7.72. The fourth-order valence-electron chi connectivity index (χ4n) is 1.51. The molecule has 0 radical (unpaired) electrons. The van der Waals surface area contributed by atoms with Gasteiger partial charge in [0.15, 0.2) is 0 Å². The summed E-state index contributed by atoms with van der Waals surface area (Å²) in [5.41, 5.74) is 1.97. The zero-order chi connectivity index (χ0) is 11.5. The Labute approximate surface area is 92.4 Å². The Morgan fingerprint density at radius 3 is 2.81 bits per heavy atom. The lowest BCUT2D eigenvalue weighted by Gasteiger charge is -2.05. The zero-order valence-corrected chi connectivity index (χ0v) is 8.79. The van der Waals surface area contributed by atoms with Crippen LogP contribution in [0.25, 0.3) is 5.69 Å². The van der Waals surface area contributed by atoms with E-state index in [4.69, 9.17) is 5.11 Å². The minimum Gasteiger partial charge on any atom is -0.475 e. The summed E-state index contributed by atoms with van der Waals surface area (Å²) in [5.74, 6) is -1.31. The van der Waals surface area contributed by atoms with Crippen LogP contribution in [0, 0.1) is 0 Å². The number of aryl methyl sites for hydroxylation is 1. The number of nitrogens with zero attached hydrogens (tertiary/aromatic N) is 3. The van der Waals surface area contributed by atoms with Crippen molar-refractivity contribution in [1.29, 1.82) is 0 Å². The molecular formula is C11H11N3O2. The summed E-state index contributed by atoms with van der Waals surface area (Å²) >= 11 is 0. The second kappa shape index (κ2) is 4.14. The molecule has 0 aliphatic rings. The number of aromatic carboxylic acids is 1. The van der Waals surface area contributed by atoms with Crippen LogP contribution < -0.4 is 0 Å². The van der Waals surface area contributed by atoms with E-state index in [1.807, 2.05) is 31.2 Å². The summed E-state index contributed by atoms with van der Waals surface area (Å²) in [4.78, 5) is 14.4. The molecule has 16 heavy (non-hydrogen) atoms. The third kappa shape index (κ3) is 1.79. The smallest absolute Gasteiger partial charge is 0.375 e. The number of aromatic nitrogens is 3. The Morgan fingerprint density at radius 2 is 2.19 bits per heavy atom. The summed E-state index contributed by atoms with van der Waals surface area (Å²) in [6.45, 7) is 2.04. The molecule has 0 amide bonds. The van der Waals surface area contributed by atoms with Crippen LogP contribution in [0.2, 0.25) is 0 Å². The van der Waals surface area contributed by atoms with E-state index < -0.39 is 5.97 Å². The molecule has 0 bridgehead atoms. The summed E-state index contributed by atoms with van der Waals surface area (Å²) < 4.78 is 1.49. The molecule has 0 spiro atoms. The molecule has 5 heteroatoms. The highest BCUT2D eigenvalue weighted by Gasteiger charge is 2.10. The maximum Gasteiger partial charge on any atom is 0.375 e. The van der Waals surface area contributed by atoms with Crippen LogP contribution in [0.5, 0.6) is 0 Å². The summed E-state index contributed by atoms with van der Waals surface area (Å²) in [6.07, 6.45) is 2.27. The molecule has 0 saturated carbocycles. The highest BCUT2D eigenvalue weighted by Crippen LogP contribution is 2.13. The molecule has 82 valence electrons. The second-order valence-corrected chi connectivity index (χ2v) is 3.30. The molecule has 0 saturated heterocycles. The molecule has 1 heterocycles. The number of benzene rings is 1. The maximum atomic E-state index is 10.7.